The number of benzene rings is 1. The maximum Gasteiger partial charge on any atom is 0.290 e. The summed E-state index contributed by atoms with van der Waals surface area (Å²) in [7, 11) is 0. The second-order valence-electron chi connectivity index (χ2n) is 7.07. The first kappa shape index (κ1) is 19.7. The summed E-state index contributed by atoms with van der Waals surface area (Å²) in [4.78, 5) is 28.1. The third-order valence-corrected chi connectivity index (χ3v) is 6.09. The van der Waals surface area contributed by atoms with Crippen LogP contribution >= 0.6 is 11.3 Å². The number of thiophene rings is 1. The Morgan fingerprint density at radius 2 is 2.10 bits per heavy atom. The van der Waals surface area contributed by atoms with Crippen molar-refractivity contribution in [3.05, 3.63) is 63.6 Å². The summed E-state index contributed by atoms with van der Waals surface area (Å²) in [5, 5.41) is 12.5. The third-order valence-electron chi connectivity index (χ3n) is 5.22. The van der Waals surface area contributed by atoms with Gasteiger partial charge in [0.25, 0.3) is 5.91 Å². The molecule has 1 fully saturated rings. The number of carbonyl (C=O) groups is 2. The molecule has 0 radical (unpaired) electrons. The maximum atomic E-state index is 13.2. The van der Waals surface area contributed by atoms with Gasteiger partial charge in [-0.05, 0) is 48.9 Å². The molecule has 0 aliphatic carbocycles. The van der Waals surface area contributed by atoms with Crippen LogP contribution in [0.2, 0.25) is 0 Å². The van der Waals surface area contributed by atoms with E-state index < -0.39 is 17.7 Å². The number of ketones is 1. The van der Waals surface area contributed by atoms with E-state index in [0.29, 0.717) is 30.4 Å². The van der Waals surface area contributed by atoms with E-state index in [-0.39, 0.29) is 17.5 Å². The van der Waals surface area contributed by atoms with Crippen LogP contribution in [0.4, 0.5) is 0 Å². The number of hydrogen-bond donors (Lipinski definition) is 1. The van der Waals surface area contributed by atoms with Gasteiger partial charge in [-0.3, -0.25) is 9.59 Å². The van der Waals surface area contributed by atoms with Gasteiger partial charge >= 0.3 is 0 Å². The molecule has 2 aromatic rings. The molecule has 1 saturated heterocycles. The Balaban J connectivity index is 1.72. The van der Waals surface area contributed by atoms with E-state index in [1.807, 2.05) is 31.2 Å². The normalized spacial score (nSPS) is 21.8. The van der Waals surface area contributed by atoms with Crippen LogP contribution in [0.25, 0.3) is 0 Å². The lowest BCUT2D eigenvalue weighted by Crippen LogP contribution is -2.37. The van der Waals surface area contributed by atoms with E-state index in [4.69, 9.17) is 9.47 Å². The zero-order chi connectivity index (χ0) is 20.4. The predicted molar refractivity (Wildman–Crippen MR) is 109 cm³/mol. The summed E-state index contributed by atoms with van der Waals surface area (Å²) in [6.45, 7) is 3.46. The molecular weight excluding hydrogens is 390 g/mol. The minimum Gasteiger partial charge on any atom is -0.503 e. The fourth-order valence-electron chi connectivity index (χ4n) is 3.88. The molecule has 1 N–H and O–H groups in total. The molecule has 6 nitrogen and oxygen atoms in total. The summed E-state index contributed by atoms with van der Waals surface area (Å²) in [6, 6.07) is 10.1. The molecular formula is C22H23NO5S. The van der Waals surface area contributed by atoms with Gasteiger partial charge in [-0.25, -0.2) is 0 Å². The first-order chi connectivity index (χ1) is 14.1. The van der Waals surface area contributed by atoms with E-state index in [9.17, 15) is 14.7 Å². The number of rotatable bonds is 7. The number of nitrogens with zero attached hydrogens (tertiary/aromatic N) is 1. The molecule has 1 aromatic carbocycles. The molecule has 29 heavy (non-hydrogen) atoms. The van der Waals surface area contributed by atoms with Crippen molar-refractivity contribution in [2.45, 2.75) is 31.9 Å². The SMILES string of the molecule is CCOc1ccc(C2C(C(=O)c3cccs3)=C(O)C(=O)N2CC2CCCO2)cc1. The highest BCUT2D eigenvalue weighted by Gasteiger charge is 2.45. The lowest BCUT2D eigenvalue weighted by atomic mass is 9.95. The van der Waals surface area contributed by atoms with Crippen LogP contribution in [0.5, 0.6) is 5.75 Å². The van der Waals surface area contributed by atoms with Gasteiger partial charge in [0.05, 0.1) is 29.2 Å². The third kappa shape index (κ3) is 3.80. The summed E-state index contributed by atoms with van der Waals surface area (Å²) in [5.41, 5.74) is 0.878. The summed E-state index contributed by atoms with van der Waals surface area (Å²) in [5.74, 6) is -0.607. The largest absolute Gasteiger partial charge is 0.503 e. The number of carbonyl (C=O) groups excluding carboxylic acids is 2. The zero-order valence-corrected chi connectivity index (χ0v) is 17.0. The number of Topliss-reactive ketones (excluding diaryl/α,β-unsaturated/α-hetero) is 1. The molecule has 1 amide bonds. The van der Waals surface area contributed by atoms with Crippen LogP contribution < -0.4 is 4.74 Å². The Kier molecular flexibility index (Phi) is 5.69. The zero-order valence-electron chi connectivity index (χ0n) is 16.2. The second kappa shape index (κ2) is 8.39. The van der Waals surface area contributed by atoms with Crippen molar-refractivity contribution in [2.24, 2.45) is 0 Å². The first-order valence-electron chi connectivity index (χ1n) is 9.76. The predicted octanol–water partition coefficient (Wildman–Crippen LogP) is 3.90. The smallest absolute Gasteiger partial charge is 0.290 e. The summed E-state index contributed by atoms with van der Waals surface area (Å²) < 4.78 is 11.2. The topological polar surface area (TPSA) is 76.1 Å². The van der Waals surface area contributed by atoms with Crippen LogP contribution in [-0.4, -0.2) is 47.6 Å². The Morgan fingerprint density at radius 1 is 1.31 bits per heavy atom. The first-order valence-corrected chi connectivity index (χ1v) is 10.6. The molecule has 0 spiro atoms. The minimum atomic E-state index is -0.656. The highest BCUT2D eigenvalue weighted by molar-refractivity contribution is 7.12. The van der Waals surface area contributed by atoms with Crippen molar-refractivity contribution < 1.29 is 24.2 Å². The standard InChI is InChI=1S/C22H23NO5S/c1-2-27-15-9-7-14(8-10-15)19-18(20(24)17-6-4-12-29-17)21(25)22(26)23(19)13-16-5-3-11-28-16/h4,6-10,12,16,19,25H,2-3,5,11,13H2,1H3. The molecule has 0 saturated carbocycles. The fourth-order valence-corrected chi connectivity index (χ4v) is 4.56. The lowest BCUT2D eigenvalue weighted by molar-refractivity contribution is -0.131. The Labute approximate surface area is 173 Å². The van der Waals surface area contributed by atoms with Gasteiger partial charge < -0.3 is 19.5 Å². The average Bonchev–Trinajstić information content (AvgIpc) is 3.47. The second-order valence-corrected chi connectivity index (χ2v) is 8.01. The van der Waals surface area contributed by atoms with Crippen LogP contribution in [0.15, 0.2) is 53.1 Å². The van der Waals surface area contributed by atoms with Gasteiger partial charge in [-0.15, -0.1) is 11.3 Å². The van der Waals surface area contributed by atoms with E-state index >= 15 is 0 Å². The van der Waals surface area contributed by atoms with Gasteiger partial charge in [0.15, 0.2) is 5.76 Å². The van der Waals surface area contributed by atoms with Crippen molar-refractivity contribution in [1.82, 2.24) is 4.90 Å². The number of aliphatic hydroxyl groups is 1. The van der Waals surface area contributed by atoms with Crippen molar-refractivity contribution in [2.75, 3.05) is 19.8 Å². The molecule has 152 valence electrons. The molecule has 1 aromatic heterocycles. The highest BCUT2D eigenvalue weighted by atomic mass is 32.1. The highest BCUT2D eigenvalue weighted by Crippen LogP contribution is 2.40. The lowest BCUT2D eigenvalue weighted by Gasteiger charge is -2.29. The number of amides is 1. The van der Waals surface area contributed by atoms with Gasteiger partial charge in [0.2, 0.25) is 5.78 Å². The molecule has 4 rings (SSSR count). The average molecular weight is 413 g/mol. The van der Waals surface area contributed by atoms with Gasteiger partial charge in [0.1, 0.15) is 5.75 Å². The van der Waals surface area contributed by atoms with Crippen LogP contribution in [0.1, 0.15) is 41.0 Å². The van der Waals surface area contributed by atoms with Crippen molar-refractivity contribution >= 4 is 23.0 Å². The van der Waals surface area contributed by atoms with E-state index in [1.54, 1.807) is 22.4 Å². The Morgan fingerprint density at radius 3 is 2.72 bits per heavy atom. The maximum absolute atomic E-state index is 13.2. The molecule has 2 aliphatic heterocycles. The minimum absolute atomic E-state index is 0.0897. The van der Waals surface area contributed by atoms with Gasteiger partial charge in [-0.1, -0.05) is 18.2 Å². The molecule has 7 heteroatoms. The Hall–Kier alpha value is -2.64. The van der Waals surface area contributed by atoms with Crippen LogP contribution in [-0.2, 0) is 9.53 Å². The molecule has 2 atom stereocenters. The Bertz CT molecular complexity index is 913. The fraction of sp³-hybridized carbons (Fsp3) is 0.364. The quantitative estimate of drug-likeness (QED) is 0.697. The molecule has 3 heterocycles. The van der Waals surface area contributed by atoms with E-state index in [1.165, 1.54) is 11.3 Å². The molecule has 2 unspecified atom stereocenters. The van der Waals surface area contributed by atoms with E-state index in [0.717, 1.165) is 18.4 Å². The molecule has 2 aliphatic rings. The monoisotopic (exact) mass is 413 g/mol. The van der Waals surface area contributed by atoms with Gasteiger partial charge in [-0.2, -0.15) is 0 Å². The van der Waals surface area contributed by atoms with Crippen LogP contribution in [0, 0.1) is 0 Å². The van der Waals surface area contributed by atoms with Crippen molar-refractivity contribution in [3.8, 4) is 5.75 Å². The molecule has 0 bridgehead atoms. The van der Waals surface area contributed by atoms with Crippen molar-refractivity contribution in [1.29, 1.82) is 0 Å². The van der Waals surface area contributed by atoms with E-state index in [2.05, 4.69) is 0 Å². The summed E-state index contributed by atoms with van der Waals surface area (Å²) >= 11 is 1.29. The number of ether oxygens (including phenoxy) is 2. The summed E-state index contributed by atoms with van der Waals surface area (Å²) in [6.07, 6.45) is 1.71. The van der Waals surface area contributed by atoms with Crippen molar-refractivity contribution in [3.63, 3.8) is 0 Å². The van der Waals surface area contributed by atoms with Crippen LogP contribution in [0.3, 0.4) is 0 Å². The number of hydrogen-bond acceptors (Lipinski definition) is 6. The number of aliphatic hydroxyl groups excluding tert-OH is 1. The van der Waals surface area contributed by atoms with Gasteiger partial charge in [0, 0.05) is 13.2 Å².